The number of carbonyl (C=O) groups excluding carboxylic acids is 4. The predicted molar refractivity (Wildman–Crippen MR) is 137 cm³/mol. The number of esters is 1. The largest absolute Gasteiger partial charge is 0.465 e. The van der Waals surface area contributed by atoms with E-state index < -0.39 is 23.7 Å². The van der Waals surface area contributed by atoms with Gasteiger partial charge in [-0.05, 0) is 67.1 Å². The number of anilines is 3. The van der Waals surface area contributed by atoms with Crippen LogP contribution in [-0.4, -0.2) is 30.8 Å². The van der Waals surface area contributed by atoms with Gasteiger partial charge in [0.15, 0.2) is 0 Å². The van der Waals surface area contributed by atoms with E-state index in [1.165, 1.54) is 25.3 Å². The molecule has 10 heteroatoms. The number of nitrogens with zero attached hydrogens (tertiary/aromatic N) is 1. The van der Waals surface area contributed by atoms with Crippen LogP contribution in [0.5, 0.6) is 0 Å². The summed E-state index contributed by atoms with van der Waals surface area (Å²) in [7, 11) is 1.28. The lowest BCUT2D eigenvalue weighted by Crippen LogP contribution is -2.32. The van der Waals surface area contributed by atoms with Crippen LogP contribution in [0.2, 0.25) is 5.02 Å². The molecule has 0 aliphatic carbocycles. The lowest BCUT2D eigenvalue weighted by atomic mass is 10.1. The number of hydrogen-bond donors (Lipinski definition) is 2. The van der Waals surface area contributed by atoms with E-state index in [0.29, 0.717) is 38.8 Å². The van der Waals surface area contributed by atoms with Gasteiger partial charge in [0.1, 0.15) is 10.7 Å². The van der Waals surface area contributed by atoms with Crippen molar-refractivity contribution in [1.29, 1.82) is 0 Å². The van der Waals surface area contributed by atoms with Crippen molar-refractivity contribution in [2.24, 2.45) is 0 Å². The molecule has 0 fully saturated rings. The second-order valence-corrected chi connectivity index (χ2v) is 8.53. The predicted octanol–water partition coefficient (Wildman–Crippen LogP) is 5.12. The van der Waals surface area contributed by atoms with Crippen LogP contribution in [0.25, 0.3) is 0 Å². The Labute approximate surface area is 216 Å². The normalized spacial score (nSPS) is 13.2. The fourth-order valence-corrected chi connectivity index (χ4v) is 3.94. The van der Waals surface area contributed by atoms with Crippen molar-refractivity contribution in [2.75, 3.05) is 22.6 Å². The number of nitrogens with one attached hydrogen (secondary N) is 2. The zero-order valence-corrected chi connectivity index (χ0v) is 20.6. The molecular weight excluding hydrogens is 505 g/mol. The van der Waals surface area contributed by atoms with Gasteiger partial charge < -0.3 is 15.4 Å². The first kappa shape index (κ1) is 25.0. The summed E-state index contributed by atoms with van der Waals surface area (Å²) >= 11 is 12.3. The van der Waals surface area contributed by atoms with Gasteiger partial charge in [0, 0.05) is 22.0 Å². The molecule has 0 bridgehead atoms. The molecule has 0 saturated heterocycles. The van der Waals surface area contributed by atoms with Crippen molar-refractivity contribution >= 4 is 64.0 Å². The Morgan fingerprint density at radius 2 is 1.56 bits per heavy atom. The summed E-state index contributed by atoms with van der Waals surface area (Å²) in [6.45, 7) is 1.70. The highest BCUT2D eigenvalue weighted by Gasteiger charge is 2.39. The molecule has 4 rings (SSSR count). The molecule has 3 aromatic rings. The van der Waals surface area contributed by atoms with Gasteiger partial charge in [0.2, 0.25) is 0 Å². The lowest BCUT2D eigenvalue weighted by Gasteiger charge is -2.18. The van der Waals surface area contributed by atoms with Crippen LogP contribution in [0.15, 0.2) is 77.5 Å². The van der Waals surface area contributed by atoms with Gasteiger partial charge in [-0.25, -0.2) is 9.69 Å². The summed E-state index contributed by atoms with van der Waals surface area (Å²) in [5.41, 5.74) is 2.33. The molecule has 36 heavy (non-hydrogen) atoms. The number of hydrogen-bond acceptors (Lipinski definition) is 6. The molecule has 0 atom stereocenters. The highest BCUT2D eigenvalue weighted by Crippen LogP contribution is 2.34. The van der Waals surface area contributed by atoms with E-state index >= 15 is 0 Å². The van der Waals surface area contributed by atoms with Crippen LogP contribution < -0.4 is 15.5 Å². The maximum absolute atomic E-state index is 13.0. The minimum Gasteiger partial charge on any atom is -0.465 e. The first-order valence-electron chi connectivity index (χ1n) is 10.6. The summed E-state index contributed by atoms with van der Waals surface area (Å²) in [5, 5.41) is 5.73. The maximum atomic E-state index is 13.0. The molecule has 1 heterocycles. The Hall–Kier alpha value is -4.14. The topological polar surface area (TPSA) is 105 Å². The van der Waals surface area contributed by atoms with Crippen LogP contribution in [0, 0.1) is 6.92 Å². The van der Waals surface area contributed by atoms with Gasteiger partial charge in [0.25, 0.3) is 17.7 Å². The van der Waals surface area contributed by atoms with Crippen molar-refractivity contribution in [2.45, 2.75) is 6.92 Å². The zero-order chi connectivity index (χ0) is 26.0. The Kier molecular flexibility index (Phi) is 7.10. The van der Waals surface area contributed by atoms with Crippen LogP contribution >= 0.6 is 23.2 Å². The number of methoxy groups -OCH3 is 1. The minimum atomic E-state index is -0.667. The van der Waals surface area contributed by atoms with Gasteiger partial charge in [-0.2, -0.15) is 0 Å². The monoisotopic (exact) mass is 523 g/mol. The number of ether oxygens (including phenoxy) is 1. The summed E-state index contributed by atoms with van der Waals surface area (Å²) in [6.07, 6.45) is 0. The quantitative estimate of drug-likeness (QED) is 0.343. The molecular formula is C26H19Cl2N3O5. The molecule has 0 spiro atoms. The van der Waals surface area contributed by atoms with E-state index in [2.05, 4.69) is 15.4 Å². The standard InChI is InChI=1S/C26H19Cl2N3O5/c1-14-19(27)7-4-8-20(14)31-24(33)21(28)22(25(31)34)29-17-11-9-15(10-12-17)23(32)30-18-6-3-5-16(13-18)26(35)36-2/h3-13,29H,1-2H3,(H,30,32). The molecule has 0 aromatic heterocycles. The molecule has 1 aliphatic rings. The molecule has 0 unspecified atom stereocenters. The number of benzene rings is 3. The molecule has 1 aliphatic heterocycles. The van der Waals surface area contributed by atoms with Gasteiger partial charge in [-0.3, -0.25) is 14.4 Å². The SMILES string of the molecule is COC(=O)c1cccc(NC(=O)c2ccc(NC3=C(Cl)C(=O)N(c4cccc(Cl)c4C)C3=O)cc2)c1. The average Bonchev–Trinajstić information content (AvgIpc) is 3.08. The fourth-order valence-electron chi connectivity index (χ4n) is 3.56. The van der Waals surface area contributed by atoms with Crippen LogP contribution in [0.3, 0.4) is 0 Å². The Balaban J connectivity index is 1.48. The molecule has 182 valence electrons. The van der Waals surface area contributed by atoms with Crippen molar-refractivity contribution in [3.05, 3.63) is 99.2 Å². The molecule has 0 saturated carbocycles. The number of rotatable bonds is 6. The summed E-state index contributed by atoms with van der Waals surface area (Å²) in [6, 6.07) is 17.5. The Morgan fingerprint density at radius 3 is 2.25 bits per heavy atom. The molecule has 3 aromatic carbocycles. The fraction of sp³-hybridized carbons (Fsp3) is 0.0769. The lowest BCUT2D eigenvalue weighted by molar-refractivity contribution is -0.120. The van der Waals surface area contributed by atoms with E-state index in [0.717, 1.165) is 4.90 Å². The molecule has 0 radical (unpaired) electrons. The maximum Gasteiger partial charge on any atom is 0.337 e. The van der Waals surface area contributed by atoms with Crippen LogP contribution in [0.1, 0.15) is 26.3 Å². The number of amides is 3. The van der Waals surface area contributed by atoms with E-state index in [-0.39, 0.29) is 10.7 Å². The van der Waals surface area contributed by atoms with E-state index in [1.807, 2.05) is 0 Å². The van der Waals surface area contributed by atoms with Crippen molar-refractivity contribution in [3.63, 3.8) is 0 Å². The van der Waals surface area contributed by atoms with E-state index in [1.54, 1.807) is 55.5 Å². The second-order valence-electron chi connectivity index (χ2n) is 7.75. The molecule has 8 nitrogen and oxygen atoms in total. The van der Waals surface area contributed by atoms with Crippen molar-refractivity contribution in [1.82, 2.24) is 0 Å². The second kappa shape index (κ2) is 10.2. The number of imide groups is 1. The van der Waals surface area contributed by atoms with E-state index in [9.17, 15) is 19.2 Å². The highest BCUT2D eigenvalue weighted by molar-refractivity contribution is 6.53. The Morgan fingerprint density at radius 1 is 0.861 bits per heavy atom. The van der Waals surface area contributed by atoms with Crippen molar-refractivity contribution < 1.29 is 23.9 Å². The Bertz CT molecular complexity index is 1430. The van der Waals surface area contributed by atoms with Gasteiger partial charge in [0.05, 0.1) is 18.4 Å². The zero-order valence-electron chi connectivity index (χ0n) is 19.1. The molecule has 3 amide bonds. The minimum absolute atomic E-state index is 0.0853. The van der Waals surface area contributed by atoms with Gasteiger partial charge in [-0.15, -0.1) is 0 Å². The van der Waals surface area contributed by atoms with Gasteiger partial charge in [-0.1, -0.05) is 35.3 Å². The summed E-state index contributed by atoms with van der Waals surface area (Å²) < 4.78 is 4.69. The third-order valence-corrected chi connectivity index (χ3v) is 6.23. The average molecular weight is 524 g/mol. The smallest absolute Gasteiger partial charge is 0.337 e. The van der Waals surface area contributed by atoms with Crippen LogP contribution in [-0.2, 0) is 14.3 Å². The van der Waals surface area contributed by atoms with Crippen LogP contribution in [0.4, 0.5) is 17.1 Å². The third-order valence-electron chi connectivity index (χ3n) is 5.47. The van der Waals surface area contributed by atoms with Gasteiger partial charge >= 0.3 is 5.97 Å². The molecule has 2 N–H and O–H groups in total. The summed E-state index contributed by atoms with van der Waals surface area (Å²) in [4.78, 5) is 51.1. The first-order valence-corrected chi connectivity index (χ1v) is 11.4. The summed E-state index contributed by atoms with van der Waals surface area (Å²) in [5.74, 6) is -2.21. The third kappa shape index (κ3) is 4.82. The first-order chi connectivity index (χ1) is 17.2. The van der Waals surface area contributed by atoms with E-state index in [4.69, 9.17) is 23.2 Å². The highest BCUT2D eigenvalue weighted by atomic mass is 35.5. The number of halogens is 2. The number of carbonyl (C=O) groups is 4. The van der Waals surface area contributed by atoms with Crippen molar-refractivity contribution in [3.8, 4) is 0 Å².